The van der Waals surface area contributed by atoms with Gasteiger partial charge in [0.15, 0.2) is 0 Å². The van der Waals surface area contributed by atoms with Crippen molar-refractivity contribution in [1.29, 1.82) is 0 Å². The number of carboxylic acid groups (broad SMARTS) is 1. The zero-order valence-corrected chi connectivity index (χ0v) is 12.2. The zero-order chi connectivity index (χ0) is 15.6. The lowest BCUT2D eigenvalue weighted by Crippen LogP contribution is -2.23. The van der Waals surface area contributed by atoms with Crippen LogP contribution >= 0.6 is 0 Å². The zero-order valence-electron chi connectivity index (χ0n) is 12.2. The molecule has 112 valence electrons. The molecule has 0 unspecified atom stereocenters. The normalized spacial score (nSPS) is 10.8. The number of aromatic carboxylic acids is 1. The SMILES string of the molecule is COCCn1cc(-n2c(C)c(C(=O)O)c(C)cc2=O)cn1. The molecule has 0 spiro atoms. The number of rotatable bonds is 5. The Labute approximate surface area is 121 Å². The van der Waals surface area contributed by atoms with Gasteiger partial charge in [0.25, 0.3) is 5.56 Å². The van der Waals surface area contributed by atoms with Gasteiger partial charge in [-0.1, -0.05) is 0 Å². The Morgan fingerprint density at radius 2 is 2.14 bits per heavy atom. The van der Waals surface area contributed by atoms with E-state index in [1.165, 1.54) is 16.8 Å². The van der Waals surface area contributed by atoms with Crippen molar-refractivity contribution in [2.24, 2.45) is 0 Å². The van der Waals surface area contributed by atoms with Crippen molar-refractivity contribution in [3.8, 4) is 5.69 Å². The second kappa shape index (κ2) is 5.92. The van der Waals surface area contributed by atoms with Crippen molar-refractivity contribution in [1.82, 2.24) is 14.3 Å². The summed E-state index contributed by atoms with van der Waals surface area (Å²) in [4.78, 5) is 23.5. The summed E-state index contributed by atoms with van der Waals surface area (Å²) in [6.07, 6.45) is 3.22. The number of pyridine rings is 1. The van der Waals surface area contributed by atoms with E-state index in [0.29, 0.717) is 30.1 Å². The van der Waals surface area contributed by atoms with Gasteiger partial charge in [-0.2, -0.15) is 5.10 Å². The van der Waals surface area contributed by atoms with Crippen molar-refractivity contribution in [2.45, 2.75) is 20.4 Å². The molecule has 0 saturated heterocycles. The van der Waals surface area contributed by atoms with Gasteiger partial charge in [-0.15, -0.1) is 0 Å². The summed E-state index contributed by atoms with van der Waals surface area (Å²) >= 11 is 0. The van der Waals surface area contributed by atoms with Gasteiger partial charge < -0.3 is 9.84 Å². The van der Waals surface area contributed by atoms with Crippen LogP contribution in [0.2, 0.25) is 0 Å². The van der Waals surface area contributed by atoms with E-state index >= 15 is 0 Å². The van der Waals surface area contributed by atoms with Crippen molar-refractivity contribution >= 4 is 5.97 Å². The fraction of sp³-hybridized carbons (Fsp3) is 0.357. The standard InChI is InChI=1S/C14H17N3O4/c1-9-6-12(18)17(10(2)13(9)14(19)20)11-7-15-16(8-11)4-5-21-3/h6-8H,4-5H2,1-3H3,(H,19,20). The van der Waals surface area contributed by atoms with Crippen LogP contribution in [0, 0.1) is 13.8 Å². The van der Waals surface area contributed by atoms with Crippen LogP contribution in [0.5, 0.6) is 0 Å². The summed E-state index contributed by atoms with van der Waals surface area (Å²) in [6.45, 7) is 4.29. The monoisotopic (exact) mass is 291 g/mol. The number of nitrogens with zero attached hydrogens (tertiary/aromatic N) is 3. The molecule has 0 aliphatic carbocycles. The van der Waals surface area contributed by atoms with Gasteiger partial charge in [-0.05, 0) is 19.4 Å². The van der Waals surface area contributed by atoms with Crippen LogP contribution in [0.25, 0.3) is 5.69 Å². The number of hydrogen-bond donors (Lipinski definition) is 1. The molecule has 0 aliphatic heterocycles. The van der Waals surface area contributed by atoms with Crippen LogP contribution in [0.1, 0.15) is 21.6 Å². The Bertz CT molecular complexity index is 730. The highest BCUT2D eigenvalue weighted by Gasteiger charge is 2.17. The van der Waals surface area contributed by atoms with Crippen LogP contribution in [0.15, 0.2) is 23.3 Å². The number of hydrogen-bond acceptors (Lipinski definition) is 4. The molecule has 2 rings (SSSR count). The third-order valence-corrected chi connectivity index (χ3v) is 3.27. The predicted octanol–water partition coefficient (Wildman–Crippen LogP) is 0.995. The number of aryl methyl sites for hydroxylation is 1. The molecular weight excluding hydrogens is 274 g/mol. The first-order valence-electron chi connectivity index (χ1n) is 6.44. The molecule has 2 heterocycles. The molecule has 0 aliphatic rings. The average molecular weight is 291 g/mol. The molecule has 0 bridgehead atoms. The third-order valence-electron chi connectivity index (χ3n) is 3.27. The van der Waals surface area contributed by atoms with Crippen molar-refractivity contribution in [2.75, 3.05) is 13.7 Å². The largest absolute Gasteiger partial charge is 0.478 e. The molecule has 0 fully saturated rings. The van der Waals surface area contributed by atoms with E-state index in [9.17, 15) is 14.7 Å². The summed E-state index contributed by atoms with van der Waals surface area (Å²) < 4.78 is 7.97. The quantitative estimate of drug-likeness (QED) is 0.888. The first-order chi connectivity index (χ1) is 9.95. The highest BCUT2D eigenvalue weighted by atomic mass is 16.5. The summed E-state index contributed by atoms with van der Waals surface area (Å²) in [6, 6.07) is 1.32. The van der Waals surface area contributed by atoms with E-state index in [4.69, 9.17) is 4.74 Å². The van der Waals surface area contributed by atoms with E-state index in [1.807, 2.05) is 0 Å². The molecule has 0 radical (unpaired) electrons. The molecule has 1 N–H and O–H groups in total. The number of aromatic nitrogens is 3. The molecule has 0 atom stereocenters. The van der Waals surface area contributed by atoms with Crippen molar-refractivity contribution in [3.05, 3.63) is 45.6 Å². The van der Waals surface area contributed by atoms with Gasteiger partial charge in [0.2, 0.25) is 0 Å². The Morgan fingerprint density at radius 1 is 1.43 bits per heavy atom. The maximum Gasteiger partial charge on any atom is 0.337 e. The highest BCUT2D eigenvalue weighted by Crippen LogP contribution is 2.15. The van der Waals surface area contributed by atoms with Gasteiger partial charge in [0.1, 0.15) is 0 Å². The minimum Gasteiger partial charge on any atom is -0.478 e. The molecule has 2 aromatic rings. The molecule has 2 aromatic heterocycles. The van der Waals surface area contributed by atoms with Crippen LogP contribution in [0.3, 0.4) is 0 Å². The fourth-order valence-corrected chi connectivity index (χ4v) is 2.30. The van der Waals surface area contributed by atoms with E-state index in [1.54, 1.807) is 31.8 Å². The lowest BCUT2D eigenvalue weighted by atomic mass is 10.1. The van der Waals surface area contributed by atoms with E-state index < -0.39 is 5.97 Å². The molecule has 21 heavy (non-hydrogen) atoms. The lowest BCUT2D eigenvalue weighted by molar-refractivity contribution is 0.0694. The second-order valence-electron chi connectivity index (χ2n) is 4.72. The van der Waals surface area contributed by atoms with Crippen molar-refractivity contribution < 1.29 is 14.6 Å². The van der Waals surface area contributed by atoms with Crippen molar-refractivity contribution in [3.63, 3.8) is 0 Å². The minimum absolute atomic E-state index is 0.138. The first kappa shape index (κ1) is 15.0. The van der Waals surface area contributed by atoms with E-state index in [-0.39, 0.29) is 11.1 Å². The molecule has 0 amide bonds. The molecular formula is C14H17N3O4. The maximum atomic E-state index is 12.2. The summed E-state index contributed by atoms with van der Waals surface area (Å²) in [5.41, 5.74) is 1.24. The number of ether oxygens (including phenoxy) is 1. The van der Waals surface area contributed by atoms with Gasteiger partial charge in [-0.25, -0.2) is 4.79 Å². The Balaban J connectivity index is 2.53. The van der Waals surface area contributed by atoms with Crippen LogP contribution < -0.4 is 5.56 Å². The molecule has 7 heteroatoms. The van der Waals surface area contributed by atoms with E-state index in [0.717, 1.165) is 0 Å². The second-order valence-corrected chi connectivity index (χ2v) is 4.72. The minimum atomic E-state index is -1.05. The summed E-state index contributed by atoms with van der Waals surface area (Å²) in [5.74, 6) is -1.05. The average Bonchev–Trinajstić information content (AvgIpc) is 2.83. The number of carbonyl (C=O) groups is 1. The van der Waals surface area contributed by atoms with Crippen LogP contribution in [0.4, 0.5) is 0 Å². The fourth-order valence-electron chi connectivity index (χ4n) is 2.30. The topological polar surface area (TPSA) is 86.4 Å². The Kier molecular flexibility index (Phi) is 4.23. The number of carboxylic acids is 1. The van der Waals surface area contributed by atoms with Gasteiger partial charge in [-0.3, -0.25) is 14.0 Å². The van der Waals surface area contributed by atoms with Crippen LogP contribution in [-0.2, 0) is 11.3 Å². The maximum absolute atomic E-state index is 12.2. The highest BCUT2D eigenvalue weighted by molar-refractivity contribution is 5.90. The first-order valence-corrected chi connectivity index (χ1v) is 6.44. The third kappa shape index (κ3) is 2.87. The van der Waals surface area contributed by atoms with Gasteiger partial charge in [0, 0.05) is 25.1 Å². The van der Waals surface area contributed by atoms with Gasteiger partial charge >= 0.3 is 5.97 Å². The Morgan fingerprint density at radius 3 is 2.76 bits per heavy atom. The van der Waals surface area contributed by atoms with E-state index in [2.05, 4.69) is 5.10 Å². The predicted molar refractivity (Wildman–Crippen MR) is 76.1 cm³/mol. The molecule has 7 nitrogen and oxygen atoms in total. The molecule has 0 aromatic carbocycles. The van der Waals surface area contributed by atoms with Crippen LogP contribution in [-0.4, -0.2) is 39.1 Å². The molecule has 0 saturated carbocycles. The lowest BCUT2D eigenvalue weighted by Gasteiger charge is -2.12. The summed E-state index contributed by atoms with van der Waals surface area (Å²) in [7, 11) is 1.60. The summed E-state index contributed by atoms with van der Waals surface area (Å²) in [5, 5.41) is 13.4. The van der Waals surface area contributed by atoms with Gasteiger partial charge in [0.05, 0.1) is 30.6 Å². The Hall–Kier alpha value is -2.41. The number of methoxy groups -OCH3 is 1. The smallest absolute Gasteiger partial charge is 0.337 e.